The number of nitrogens with one attached hydrogen (secondary N) is 1. The fraction of sp³-hybridized carbons (Fsp3) is 0.417. The van der Waals surface area contributed by atoms with Gasteiger partial charge in [0, 0.05) is 12.5 Å². The van der Waals surface area contributed by atoms with Crippen LogP contribution in [-0.4, -0.2) is 5.91 Å². The highest BCUT2D eigenvalue weighted by Crippen LogP contribution is 2.23. The molecule has 0 saturated heterocycles. The number of rotatable bonds is 3. The van der Waals surface area contributed by atoms with Gasteiger partial charge in [0.15, 0.2) is 0 Å². The van der Waals surface area contributed by atoms with E-state index in [-0.39, 0.29) is 18.4 Å². The maximum absolute atomic E-state index is 11.2. The molecule has 0 fully saturated rings. The van der Waals surface area contributed by atoms with Crippen molar-refractivity contribution in [1.82, 2.24) is 5.43 Å². The van der Waals surface area contributed by atoms with Gasteiger partial charge in [-0.25, -0.2) is 5.84 Å². The van der Waals surface area contributed by atoms with Gasteiger partial charge in [0.2, 0.25) is 5.91 Å². The lowest BCUT2D eigenvalue weighted by molar-refractivity contribution is -0.121. The summed E-state index contributed by atoms with van der Waals surface area (Å²) in [4.78, 5) is 11.2. The van der Waals surface area contributed by atoms with Gasteiger partial charge >= 0.3 is 0 Å². The van der Waals surface area contributed by atoms with Crippen molar-refractivity contribution in [2.45, 2.75) is 33.2 Å². The predicted octanol–water partition coefficient (Wildman–Crippen LogP) is 0.992. The van der Waals surface area contributed by atoms with Crippen LogP contribution >= 0.6 is 0 Å². The van der Waals surface area contributed by atoms with Gasteiger partial charge in [-0.2, -0.15) is 0 Å². The third-order valence-electron chi connectivity index (χ3n) is 2.68. The number of nitrogens with two attached hydrogens (primary N) is 2. The number of benzene rings is 1. The van der Waals surface area contributed by atoms with Gasteiger partial charge in [0.05, 0.1) is 0 Å². The summed E-state index contributed by atoms with van der Waals surface area (Å²) >= 11 is 0. The molecule has 0 spiro atoms. The van der Waals surface area contributed by atoms with E-state index in [1.165, 1.54) is 5.56 Å². The Morgan fingerprint density at radius 2 is 1.81 bits per heavy atom. The predicted molar refractivity (Wildman–Crippen MR) is 64.5 cm³/mol. The number of hydrogen-bond donors (Lipinski definition) is 3. The Morgan fingerprint density at radius 1 is 1.31 bits per heavy atom. The summed E-state index contributed by atoms with van der Waals surface area (Å²) < 4.78 is 0. The van der Waals surface area contributed by atoms with Crippen LogP contribution in [0.2, 0.25) is 0 Å². The van der Waals surface area contributed by atoms with Gasteiger partial charge in [-0.3, -0.25) is 10.2 Å². The molecule has 5 N–H and O–H groups in total. The van der Waals surface area contributed by atoms with Gasteiger partial charge in [-0.15, -0.1) is 0 Å². The van der Waals surface area contributed by atoms with Crippen molar-refractivity contribution < 1.29 is 4.79 Å². The zero-order chi connectivity index (χ0) is 12.3. The largest absolute Gasteiger partial charge is 0.324 e. The van der Waals surface area contributed by atoms with Crippen molar-refractivity contribution in [3.8, 4) is 0 Å². The second kappa shape index (κ2) is 5.09. The molecule has 0 bridgehead atoms. The molecule has 4 heteroatoms. The SMILES string of the molecule is Cc1cc(C)c(C(N)CC(=O)NN)c(C)c1. The molecule has 0 saturated carbocycles. The third-order valence-corrected chi connectivity index (χ3v) is 2.68. The molecule has 0 radical (unpaired) electrons. The van der Waals surface area contributed by atoms with Crippen molar-refractivity contribution >= 4 is 5.91 Å². The zero-order valence-corrected chi connectivity index (χ0v) is 10.0. The van der Waals surface area contributed by atoms with Crippen molar-refractivity contribution in [3.63, 3.8) is 0 Å². The first-order valence-electron chi connectivity index (χ1n) is 5.28. The minimum absolute atomic E-state index is 0.210. The van der Waals surface area contributed by atoms with Gasteiger partial charge < -0.3 is 5.73 Å². The molecular formula is C12H19N3O. The summed E-state index contributed by atoms with van der Waals surface area (Å²) in [6.07, 6.45) is 0.210. The summed E-state index contributed by atoms with van der Waals surface area (Å²) in [5.74, 6) is 4.80. The molecule has 0 aliphatic heterocycles. The maximum atomic E-state index is 11.2. The first-order valence-corrected chi connectivity index (χ1v) is 5.28. The molecule has 1 aromatic carbocycles. The molecule has 0 heterocycles. The van der Waals surface area contributed by atoms with E-state index in [4.69, 9.17) is 11.6 Å². The second-order valence-electron chi connectivity index (χ2n) is 4.19. The normalized spacial score (nSPS) is 12.3. The average Bonchev–Trinajstić information content (AvgIpc) is 2.15. The maximum Gasteiger partial charge on any atom is 0.235 e. The van der Waals surface area contributed by atoms with Crippen molar-refractivity contribution in [2.75, 3.05) is 0 Å². The average molecular weight is 221 g/mol. The molecule has 0 aromatic heterocycles. The van der Waals surface area contributed by atoms with E-state index < -0.39 is 0 Å². The lowest BCUT2D eigenvalue weighted by Gasteiger charge is -2.17. The molecule has 1 unspecified atom stereocenters. The fourth-order valence-electron chi connectivity index (χ4n) is 2.14. The summed E-state index contributed by atoms with van der Waals surface area (Å²) in [5.41, 5.74) is 12.6. The minimum atomic E-state index is -0.302. The van der Waals surface area contributed by atoms with E-state index >= 15 is 0 Å². The molecule has 1 amide bonds. The topological polar surface area (TPSA) is 81.1 Å². The van der Waals surface area contributed by atoms with Crippen LogP contribution in [0.1, 0.15) is 34.7 Å². The quantitative estimate of drug-likeness (QED) is 0.404. The highest BCUT2D eigenvalue weighted by atomic mass is 16.2. The summed E-state index contributed by atoms with van der Waals surface area (Å²) in [5, 5.41) is 0. The number of carbonyl (C=O) groups excluding carboxylic acids is 1. The number of hydrazine groups is 1. The molecule has 88 valence electrons. The smallest absolute Gasteiger partial charge is 0.235 e. The highest BCUT2D eigenvalue weighted by Gasteiger charge is 2.15. The van der Waals surface area contributed by atoms with Crippen LogP contribution in [0.5, 0.6) is 0 Å². The van der Waals surface area contributed by atoms with Gasteiger partial charge in [0.25, 0.3) is 0 Å². The number of hydrogen-bond acceptors (Lipinski definition) is 3. The van der Waals surface area contributed by atoms with Crippen LogP contribution < -0.4 is 17.0 Å². The minimum Gasteiger partial charge on any atom is -0.324 e. The highest BCUT2D eigenvalue weighted by molar-refractivity contribution is 5.76. The Kier molecular flexibility index (Phi) is 4.04. The Bertz CT molecular complexity index is 378. The van der Waals surface area contributed by atoms with E-state index in [0.717, 1.165) is 16.7 Å². The monoisotopic (exact) mass is 221 g/mol. The van der Waals surface area contributed by atoms with Crippen LogP contribution in [0.3, 0.4) is 0 Å². The number of aryl methyl sites for hydroxylation is 3. The molecule has 1 atom stereocenters. The number of amides is 1. The van der Waals surface area contributed by atoms with E-state index in [1.54, 1.807) is 0 Å². The summed E-state index contributed by atoms with van der Waals surface area (Å²) in [6.45, 7) is 6.06. The van der Waals surface area contributed by atoms with Gasteiger partial charge in [0.1, 0.15) is 0 Å². The lowest BCUT2D eigenvalue weighted by atomic mass is 9.93. The molecule has 16 heavy (non-hydrogen) atoms. The standard InChI is InChI=1S/C12H19N3O/c1-7-4-8(2)12(9(3)5-7)10(13)6-11(16)15-14/h4-5,10H,6,13-14H2,1-3H3,(H,15,16). The van der Waals surface area contributed by atoms with Crippen LogP contribution in [0, 0.1) is 20.8 Å². The Morgan fingerprint density at radius 3 is 2.25 bits per heavy atom. The molecule has 4 nitrogen and oxygen atoms in total. The van der Waals surface area contributed by atoms with Crippen LogP contribution in [0.15, 0.2) is 12.1 Å². The number of carbonyl (C=O) groups is 1. The molecule has 1 rings (SSSR count). The zero-order valence-electron chi connectivity index (χ0n) is 10.0. The third kappa shape index (κ3) is 2.81. The molecule has 0 aliphatic carbocycles. The molecule has 0 aliphatic rings. The van der Waals surface area contributed by atoms with E-state index in [9.17, 15) is 4.79 Å². The summed E-state index contributed by atoms with van der Waals surface area (Å²) in [7, 11) is 0. The van der Waals surface area contributed by atoms with E-state index in [1.807, 2.05) is 20.8 Å². The Labute approximate surface area is 96.0 Å². The first kappa shape index (κ1) is 12.7. The van der Waals surface area contributed by atoms with Crippen molar-refractivity contribution in [2.24, 2.45) is 11.6 Å². The Hall–Kier alpha value is -1.39. The van der Waals surface area contributed by atoms with E-state index in [0.29, 0.717) is 0 Å². The lowest BCUT2D eigenvalue weighted by Crippen LogP contribution is -2.33. The van der Waals surface area contributed by atoms with Gasteiger partial charge in [-0.05, 0) is 37.5 Å². The van der Waals surface area contributed by atoms with Crippen molar-refractivity contribution in [3.05, 3.63) is 34.4 Å². The van der Waals surface area contributed by atoms with E-state index in [2.05, 4.69) is 17.6 Å². The van der Waals surface area contributed by atoms with Crippen LogP contribution in [-0.2, 0) is 4.79 Å². The fourth-order valence-corrected chi connectivity index (χ4v) is 2.14. The van der Waals surface area contributed by atoms with Gasteiger partial charge in [-0.1, -0.05) is 17.7 Å². The summed E-state index contributed by atoms with van der Waals surface area (Å²) in [6, 6.07) is 3.84. The van der Waals surface area contributed by atoms with Crippen LogP contribution in [0.25, 0.3) is 0 Å². The van der Waals surface area contributed by atoms with Crippen LogP contribution in [0.4, 0.5) is 0 Å². The van der Waals surface area contributed by atoms with Crippen molar-refractivity contribution in [1.29, 1.82) is 0 Å². The second-order valence-corrected chi connectivity index (χ2v) is 4.19. The molecule has 1 aromatic rings. The molecular weight excluding hydrogens is 202 g/mol. The first-order chi connectivity index (χ1) is 7.45. The Balaban J connectivity index is 2.99.